The lowest BCUT2D eigenvalue weighted by Gasteiger charge is -1.95. The molecule has 0 saturated heterocycles. The molecule has 0 aliphatic rings. The van der Waals surface area contributed by atoms with Crippen molar-refractivity contribution in [1.82, 2.24) is 14.4 Å². The van der Waals surface area contributed by atoms with Gasteiger partial charge in [-0.15, -0.1) is 17.0 Å². The fourth-order valence-corrected chi connectivity index (χ4v) is 1.60. The van der Waals surface area contributed by atoms with E-state index in [1.165, 1.54) is 0 Å². The van der Waals surface area contributed by atoms with Crippen LogP contribution in [-0.2, 0) is 4.74 Å². The Balaban J connectivity index is 0.00000128. The maximum Gasteiger partial charge on any atom is 0.358 e. The van der Waals surface area contributed by atoms with E-state index in [0.29, 0.717) is 16.9 Å². The molecule has 0 N–H and O–H groups in total. The van der Waals surface area contributed by atoms with E-state index >= 15 is 0 Å². The minimum Gasteiger partial charge on any atom is -0.461 e. The minimum absolute atomic E-state index is 0. The van der Waals surface area contributed by atoms with Gasteiger partial charge in [-0.3, -0.25) is 0 Å². The Morgan fingerprint density at radius 3 is 3.00 bits per heavy atom. The van der Waals surface area contributed by atoms with E-state index in [0.717, 1.165) is 0 Å². The Morgan fingerprint density at radius 2 is 2.38 bits per heavy atom. The summed E-state index contributed by atoms with van der Waals surface area (Å²) in [5.74, 6) is -0.423. The molecule has 0 amide bonds. The largest absolute Gasteiger partial charge is 0.461 e. The molecule has 16 heavy (non-hydrogen) atoms. The second-order valence-corrected chi connectivity index (χ2v) is 3.55. The second kappa shape index (κ2) is 5.40. The molecule has 5 nitrogen and oxygen atoms in total. The maximum absolute atomic E-state index is 11.4. The molecule has 2 heterocycles. The summed E-state index contributed by atoms with van der Waals surface area (Å²) in [6.45, 7) is 2.09. The Kier molecular flexibility index (Phi) is 4.43. The number of rotatable bonds is 2. The van der Waals surface area contributed by atoms with E-state index in [2.05, 4.69) is 25.9 Å². The van der Waals surface area contributed by atoms with E-state index in [-0.39, 0.29) is 22.7 Å². The summed E-state index contributed by atoms with van der Waals surface area (Å²) in [6.07, 6.45) is 4.95. The lowest BCUT2D eigenvalue weighted by atomic mass is 10.5. The van der Waals surface area contributed by atoms with Crippen molar-refractivity contribution in [2.24, 2.45) is 0 Å². The SMILES string of the molecule is Br.CCOC(=O)c1cn2ccnc(Br)c2n1. The van der Waals surface area contributed by atoms with Crippen LogP contribution in [0.25, 0.3) is 5.65 Å². The Hall–Kier alpha value is -0.950. The van der Waals surface area contributed by atoms with Crippen molar-refractivity contribution in [2.45, 2.75) is 6.92 Å². The van der Waals surface area contributed by atoms with Crippen molar-refractivity contribution >= 4 is 44.5 Å². The third-order valence-electron chi connectivity index (χ3n) is 1.82. The van der Waals surface area contributed by atoms with Crippen LogP contribution >= 0.6 is 32.9 Å². The van der Waals surface area contributed by atoms with Crippen LogP contribution in [-0.4, -0.2) is 26.9 Å². The molecule has 86 valence electrons. The van der Waals surface area contributed by atoms with Gasteiger partial charge in [0.1, 0.15) is 4.60 Å². The Morgan fingerprint density at radius 1 is 1.62 bits per heavy atom. The number of aromatic nitrogens is 3. The van der Waals surface area contributed by atoms with Crippen LogP contribution in [0.2, 0.25) is 0 Å². The molecule has 0 atom stereocenters. The third-order valence-corrected chi connectivity index (χ3v) is 2.38. The highest BCUT2D eigenvalue weighted by Crippen LogP contribution is 2.14. The van der Waals surface area contributed by atoms with Gasteiger partial charge in [-0.05, 0) is 22.9 Å². The van der Waals surface area contributed by atoms with Crippen LogP contribution in [0.1, 0.15) is 17.4 Å². The normalized spacial score (nSPS) is 9.88. The number of hydrogen-bond donors (Lipinski definition) is 0. The predicted molar refractivity (Wildman–Crippen MR) is 67.0 cm³/mol. The van der Waals surface area contributed by atoms with Crippen LogP contribution in [0.15, 0.2) is 23.2 Å². The second-order valence-electron chi connectivity index (χ2n) is 2.80. The summed E-state index contributed by atoms with van der Waals surface area (Å²) in [5, 5.41) is 0. The number of carbonyl (C=O) groups is 1. The molecule has 2 rings (SSSR count). The molecule has 0 aliphatic heterocycles. The summed E-state index contributed by atoms with van der Waals surface area (Å²) in [6, 6.07) is 0. The minimum atomic E-state index is -0.423. The van der Waals surface area contributed by atoms with Gasteiger partial charge in [-0.2, -0.15) is 0 Å². The molecular formula is C9H9Br2N3O2. The van der Waals surface area contributed by atoms with Gasteiger partial charge in [0.2, 0.25) is 0 Å². The average molecular weight is 351 g/mol. The van der Waals surface area contributed by atoms with E-state index in [1.807, 2.05) is 0 Å². The predicted octanol–water partition coefficient (Wildman–Crippen LogP) is 2.25. The molecule has 0 bridgehead atoms. The molecule has 0 radical (unpaired) electrons. The van der Waals surface area contributed by atoms with Gasteiger partial charge in [-0.25, -0.2) is 14.8 Å². The average Bonchev–Trinajstić information content (AvgIpc) is 2.63. The molecule has 0 aromatic carbocycles. The molecule has 0 fully saturated rings. The Bertz CT molecular complexity index is 512. The number of imidazole rings is 1. The zero-order valence-corrected chi connectivity index (χ0v) is 11.7. The highest BCUT2D eigenvalue weighted by Gasteiger charge is 2.12. The zero-order valence-electron chi connectivity index (χ0n) is 8.38. The number of esters is 1. The summed E-state index contributed by atoms with van der Waals surface area (Å²) < 4.78 is 7.16. The molecule has 0 aliphatic carbocycles. The van der Waals surface area contributed by atoms with Crippen molar-refractivity contribution in [1.29, 1.82) is 0 Å². The third kappa shape index (κ3) is 2.41. The van der Waals surface area contributed by atoms with Gasteiger partial charge in [0.05, 0.1) is 6.61 Å². The molecular weight excluding hydrogens is 342 g/mol. The molecule has 0 saturated carbocycles. The Labute approximate surface area is 111 Å². The van der Waals surface area contributed by atoms with Gasteiger partial charge in [0.15, 0.2) is 11.3 Å². The molecule has 7 heteroatoms. The first-order chi connectivity index (χ1) is 7.22. The smallest absolute Gasteiger partial charge is 0.358 e. The number of carbonyl (C=O) groups excluding carboxylic acids is 1. The van der Waals surface area contributed by atoms with Gasteiger partial charge >= 0.3 is 5.97 Å². The maximum atomic E-state index is 11.4. The lowest BCUT2D eigenvalue weighted by Crippen LogP contribution is -2.04. The van der Waals surface area contributed by atoms with Gasteiger partial charge in [0.25, 0.3) is 0 Å². The lowest BCUT2D eigenvalue weighted by molar-refractivity contribution is 0.0520. The van der Waals surface area contributed by atoms with E-state index in [4.69, 9.17) is 4.74 Å². The number of ether oxygens (including phenoxy) is 1. The van der Waals surface area contributed by atoms with Crippen molar-refractivity contribution < 1.29 is 9.53 Å². The summed E-state index contributed by atoms with van der Waals surface area (Å²) in [4.78, 5) is 19.5. The van der Waals surface area contributed by atoms with Crippen LogP contribution in [0.5, 0.6) is 0 Å². The monoisotopic (exact) mass is 349 g/mol. The number of hydrogen-bond acceptors (Lipinski definition) is 4. The van der Waals surface area contributed by atoms with Gasteiger partial charge < -0.3 is 9.14 Å². The zero-order chi connectivity index (χ0) is 10.8. The first-order valence-electron chi connectivity index (χ1n) is 4.38. The number of fused-ring (bicyclic) bond motifs is 1. The summed E-state index contributed by atoms with van der Waals surface area (Å²) >= 11 is 3.25. The van der Waals surface area contributed by atoms with Crippen LogP contribution in [0.3, 0.4) is 0 Å². The van der Waals surface area contributed by atoms with Crippen molar-refractivity contribution in [2.75, 3.05) is 6.61 Å². The topological polar surface area (TPSA) is 56.5 Å². The molecule has 0 unspecified atom stereocenters. The van der Waals surface area contributed by atoms with Gasteiger partial charge in [-0.1, -0.05) is 0 Å². The van der Waals surface area contributed by atoms with Crippen LogP contribution < -0.4 is 0 Å². The fraction of sp³-hybridized carbons (Fsp3) is 0.222. The van der Waals surface area contributed by atoms with Gasteiger partial charge in [0, 0.05) is 18.6 Å². The van der Waals surface area contributed by atoms with Crippen LogP contribution in [0.4, 0.5) is 0 Å². The summed E-state index contributed by atoms with van der Waals surface area (Å²) in [7, 11) is 0. The van der Waals surface area contributed by atoms with Crippen molar-refractivity contribution in [3.05, 3.63) is 28.9 Å². The first-order valence-corrected chi connectivity index (χ1v) is 5.18. The van der Waals surface area contributed by atoms with Crippen molar-refractivity contribution in [3.63, 3.8) is 0 Å². The quantitative estimate of drug-likeness (QED) is 0.779. The van der Waals surface area contributed by atoms with Crippen molar-refractivity contribution in [3.8, 4) is 0 Å². The molecule has 2 aromatic heterocycles. The highest BCUT2D eigenvalue weighted by atomic mass is 79.9. The summed E-state index contributed by atoms with van der Waals surface area (Å²) in [5.41, 5.74) is 0.881. The standard InChI is InChI=1S/C9H8BrN3O2.BrH/c1-2-15-9(14)6-5-13-4-3-11-7(10)8(13)12-6;/h3-5H,2H2,1H3;1H. The van der Waals surface area contributed by atoms with Crippen LogP contribution in [0, 0.1) is 0 Å². The number of halogens is 2. The van der Waals surface area contributed by atoms with E-state index < -0.39 is 5.97 Å². The van der Waals surface area contributed by atoms with E-state index in [1.54, 1.807) is 29.9 Å². The number of nitrogens with zero attached hydrogens (tertiary/aromatic N) is 3. The highest BCUT2D eigenvalue weighted by molar-refractivity contribution is 9.10. The molecule has 0 spiro atoms. The first kappa shape index (κ1) is 13.1. The fourth-order valence-electron chi connectivity index (χ4n) is 1.19. The molecule has 2 aromatic rings. The van der Waals surface area contributed by atoms with E-state index in [9.17, 15) is 4.79 Å².